The third-order valence-electron chi connectivity index (χ3n) is 7.99. The molecule has 3 aromatic heterocycles. The van der Waals surface area contributed by atoms with Crippen molar-refractivity contribution in [3.8, 4) is 6.07 Å². The van der Waals surface area contributed by atoms with E-state index in [1.165, 1.54) is 11.9 Å². The van der Waals surface area contributed by atoms with Gasteiger partial charge in [0.2, 0.25) is 0 Å². The number of hydrogen-bond acceptors (Lipinski definition) is 8. The predicted octanol–water partition coefficient (Wildman–Crippen LogP) is 6.61. The summed E-state index contributed by atoms with van der Waals surface area (Å²) in [6, 6.07) is 16.0. The Bertz CT molecular complexity index is 1440. The second kappa shape index (κ2) is 11.7. The molecular formula is C32H39N7OS. The molecule has 2 unspecified atom stereocenters. The molecule has 4 bridgehead atoms. The molecule has 1 saturated heterocycles. The summed E-state index contributed by atoms with van der Waals surface area (Å²) in [4.78, 5) is 30.6. The second-order valence-corrected chi connectivity index (χ2v) is 13.6. The number of fused-ring (bicyclic) bond motifs is 6. The molecule has 8 nitrogen and oxygen atoms in total. The van der Waals surface area contributed by atoms with Crippen LogP contribution in [0.25, 0.3) is 0 Å². The van der Waals surface area contributed by atoms with E-state index in [0.717, 1.165) is 54.4 Å². The molecule has 1 fully saturated rings. The molecular weight excluding hydrogens is 530 g/mol. The largest absolute Gasteiger partial charge is 0.362 e. The number of amides is 1. The maximum absolute atomic E-state index is 13.5. The monoisotopic (exact) mass is 569 g/mol. The van der Waals surface area contributed by atoms with E-state index in [0.29, 0.717) is 29.3 Å². The molecule has 5 heterocycles. The highest BCUT2D eigenvalue weighted by Crippen LogP contribution is 2.41. The van der Waals surface area contributed by atoms with Crippen molar-refractivity contribution in [2.75, 3.05) is 16.8 Å². The van der Waals surface area contributed by atoms with Crippen molar-refractivity contribution in [3.05, 3.63) is 71.2 Å². The van der Waals surface area contributed by atoms with Gasteiger partial charge >= 0.3 is 0 Å². The van der Waals surface area contributed by atoms with Gasteiger partial charge in [0.25, 0.3) is 5.91 Å². The van der Waals surface area contributed by atoms with Gasteiger partial charge in [0.15, 0.2) is 0 Å². The minimum atomic E-state index is -0.175. The lowest BCUT2D eigenvalue weighted by molar-refractivity contribution is 0.0984. The molecule has 9 heteroatoms. The number of carbonyl (C=O) groups excluding carboxylic acids is 1. The van der Waals surface area contributed by atoms with Gasteiger partial charge in [-0.2, -0.15) is 5.26 Å². The maximum Gasteiger partial charge on any atom is 0.265 e. The molecule has 5 rings (SSSR count). The highest BCUT2D eigenvalue weighted by molar-refractivity contribution is 7.97. The molecule has 2 N–H and O–H groups in total. The molecule has 0 spiro atoms. The number of pyridine rings is 3. The Balaban J connectivity index is 1.51. The van der Waals surface area contributed by atoms with Crippen molar-refractivity contribution >= 4 is 29.5 Å². The molecule has 1 amide bonds. The lowest BCUT2D eigenvalue weighted by Crippen LogP contribution is -2.40. The van der Waals surface area contributed by atoms with Crippen LogP contribution >= 0.6 is 11.9 Å². The third kappa shape index (κ3) is 6.65. The number of hydrogen-bond donors (Lipinski definition) is 2. The fourth-order valence-electron chi connectivity index (χ4n) is 5.77. The van der Waals surface area contributed by atoms with Crippen molar-refractivity contribution in [1.82, 2.24) is 19.7 Å². The van der Waals surface area contributed by atoms with E-state index in [1.807, 2.05) is 36.5 Å². The summed E-state index contributed by atoms with van der Waals surface area (Å²) in [5.74, 6) is 1.75. The first-order chi connectivity index (χ1) is 19.5. The second-order valence-electron chi connectivity index (χ2n) is 12.7. The zero-order valence-corrected chi connectivity index (χ0v) is 25.4. The smallest absolute Gasteiger partial charge is 0.265 e. The Kier molecular flexibility index (Phi) is 8.23. The van der Waals surface area contributed by atoms with E-state index in [-0.39, 0.29) is 22.9 Å². The van der Waals surface area contributed by atoms with Gasteiger partial charge in [0, 0.05) is 47.8 Å². The van der Waals surface area contributed by atoms with Crippen molar-refractivity contribution in [1.29, 1.82) is 5.26 Å². The van der Waals surface area contributed by atoms with Crippen LogP contribution in [0.4, 0.5) is 11.6 Å². The van der Waals surface area contributed by atoms with Crippen molar-refractivity contribution in [3.63, 3.8) is 0 Å². The van der Waals surface area contributed by atoms with Crippen LogP contribution in [-0.2, 0) is 11.8 Å². The fraction of sp³-hybridized carbons (Fsp3) is 0.469. The molecule has 0 radical (unpaired) electrons. The minimum Gasteiger partial charge on any atom is -0.362 e. The zero-order chi connectivity index (χ0) is 29.2. The Morgan fingerprint density at radius 3 is 2.68 bits per heavy atom. The summed E-state index contributed by atoms with van der Waals surface area (Å²) in [5, 5.41) is 13.3. The highest BCUT2D eigenvalue weighted by atomic mass is 32.2. The average molecular weight is 570 g/mol. The Morgan fingerprint density at radius 2 is 1.95 bits per heavy atom. The number of nitriles is 1. The van der Waals surface area contributed by atoms with E-state index in [9.17, 15) is 4.79 Å². The summed E-state index contributed by atoms with van der Waals surface area (Å²) < 4.78 is 3.01. The van der Waals surface area contributed by atoms with Crippen molar-refractivity contribution in [2.45, 2.75) is 88.7 Å². The zero-order valence-electron chi connectivity index (χ0n) is 24.6. The Labute approximate surface area is 247 Å². The van der Waals surface area contributed by atoms with E-state index >= 15 is 0 Å². The lowest BCUT2D eigenvalue weighted by atomic mass is 9.90. The molecule has 2 aliphatic rings. The number of rotatable bonds is 3. The number of anilines is 2. The molecule has 0 aliphatic carbocycles. The lowest BCUT2D eigenvalue weighted by Gasteiger charge is -2.34. The van der Waals surface area contributed by atoms with Gasteiger partial charge in [-0.1, -0.05) is 32.9 Å². The topological polar surface area (TPSA) is 107 Å². The summed E-state index contributed by atoms with van der Waals surface area (Å²) in [6.07, 6.45) is 5.95. The maximum atomic E-state index is 13.5. The first kappa shape index (κ1) is 28.9. The molecule has 2 aliphatic heterocycles. The molecule has 41 heavy (non-hydrogen) atoms. The number of nitrogens with one attached hydrogen (secondary N) is 2. The molecule has 2 atom stereocenters. The van der Waals surface area contributed by atoms with Gasteiger partial charge in [-0.3, -0.25) is 14.5 Å². The first-order valence-corrected chi connectivity index (χ1v) is 15.2. The third-order valence-corrected chi connectivity index (χ3v) is 8.72. The molecule has 3 aromatic rings. The van der Waals surface area contributed by atoms with Crippen LogP contribution in [-0.4, -0.2) is 32.9 Å². The number of carbonyl (C=O) groups is 1. The van der Waals surface area contributed by atoms with Crippen LogP contribution in [0.5, 0.6) is 0 Å². The van der Waals surface area contributed by atoms with Crippen LogP contribution in [0, 0.1) is 17.2 Å². The molecule has 0 aromatic carbocycles. The van der Waals surface area contributed by atoms with Gasteiger partial charge in [-0.05, 0) is 81.3 Å². The SMILES string of the molecule is CC(C)(C)c1ccc2c(n1)N1CC(CCC(c3ccc(CCC#N)cn3)Nc3cccc(n3)SNC2=O)CC1(C)C. The number of aromatic nitrogens is 3. The Morgan fingerprint density at radius 1 is 1.12 bits per heavy atom. The van der Waals surface area contributed by atoms with Gasteiger partial charge in [-0.25, -0.2) is 9.97 Å². The van der Waals surface area contributed by atoms with Gasteiger partial charge in [0.1, 0.15) is 16.7 Å². The summed E-state index contributed by atoms with van der Waals surface area (Å²) in [5.41, 5.74) is 3.29. The first-order valence-electron chi connectivity index (χ1n) is 14.4. The average Bonchev–Trinajstić information content (AvgIpc) is 3.25. The van der Waals surface area contributed by atoms with Crippen LogP contribution in [0.2, 0.25) is 0 Å². The normalized spacial score (nSPS) is 20.6. The Hall–Kier alpha value is -3.64. The minimum absolute atomic E-state index is 0.0254. The van der Waals surface area contributed by atoms with Crippen LogP contribution in [0.3, 0.4) is 0 Å². The quantitative estimate of drug-likeness (QED) is 0.339. The van der Waals surface area contributed by atoms with E-state index in [4.69, 9.17) is 20.2 Å². The standard InChI is InChI=1S/C32H39N7OS/c1-31(2,3)26-16-13-23-29(36-26)39-20-22(18-32(39,4)5)12-15-25(24-14-11-21(19-34-24)8-7-17-33)35-27-9-6-10-28(37-27)41-38-30(23)40/h6,9-11,13-14,16,19,22,25H,7-8,12,15,18,20H2,1-5H3,(H,35,37)(H,38,40). The van der Waals surface area contributed by atoms with Gasteiger partial charge in [0.05, 0.1) is 23.4 Å². The fourth-order valence-corrected chi connectivity index (χ4v) is 6.37. The van der Waals surface area contributed by atoms with Gasteiger partial charge < -0.3 is 10.2 Å². The predicted molar refractivity (Wildman–Crippen MR) is 164 cm³/mol. The highest BCUT2D eigenvalue weighted by Gasteiger charge is 2.41. The summed E-state index contributed by atoms with van der Waals surface area (Å²) in [6.45, 7) is 11.8. The van der Waals surface area contributed by atoms with Crippen LogP contribution < -0.4 is 14.9 Å². The molecule has 0 saturated carbocycles. The van der Waals surface area contributed by atoms with Gasteiger partial charge in [-0.15, -0.1) is 0 Å². The van der Waals surface area contributed by atoms with Crippen molar-refractivity contribution < 1.29 is 4.79 Å². The van der Waals surface area contributed by atoms with Crippen LogP contribution in [0.15, 0.2) is 53.7 Å². The molecule has 214 valence electrons. The summed E-state index contributed by atoms with van der Waals surface area (Å²) in [7, 11) is 0. The van der Waals surface area contributed by atoms with Crippen LogP contribution in [0.1, 0.15) is 93.7 Å². The number of nitrogens with zero attached hydrogens (tertiary/aromatic N) is 5. The van der Waals surface area contributed by atoms with Crippen molar-refractivity contribution in [2.24, 2.45) is 5.92 Å². The van der Waals surface area contributed by atoms with E-state index < -0.39 is 0 Å². The number of aryl methyl sites for hydroxylation is 1. The van der Waals surface area contributed by atoms with E-state index in [2.05, 4.69) is 67.8 Å². The van der Waals surface area contributed by atoms with E-state index in [1.54, 1.807) is 0 Å². The summed E-state index contributed by atoms with van der Waals surface area (Å²) >= 11 is 1.21.